The lowest BCUT2D eigenvalue weighted by Crippen LogP contribution is -2.36. The van der Waals surface area contributed by atoms with E-state index < -0.39 is 0 Å². The fourth-order valence-corrected chi connectivity index (χ4v) is 3.21. The van der Waals surface area contributed by atoms with Crippen molar-refractivity contribution < 1.29 is 4.74 Å². The first-order chi connectivity index (χ1) is 10.3. The Morgan fingerprint density at radius 1 is 1.19 bits per heavy atom. The van der Waals surface area contributed by atoms with Gasteiger partial charge in [0.2, 0.25) is 0 Å². The second kappa shape index (κ2) is 7.02. The molecule has 2 aromatic rings. The molecule has 1 N–H and O–H groups in total. The minimum absolute atomic E-state index is 0.831. The lowest BCUT2D eigenvalue weighted by atomic mass is 10.2. The van der Waals surface area contributed by atoms with Gasteiger partial charge in [0.25, 0.3) is 0 Å². The molecule has 1 fully saturated rings. The van der Waals surface area contributed by atoms with Crippen LogP contribution in [0.2, 0.25) is 0 Å². The first kappa shape index (κ1) is 14.5. The van der Waals surface area contributed by atoms with Crippen molar-refractivity contribution in [1.29, 1.82) is 0 Å². The van der Waals surface area contributed by atoms with Crippen LogP contribution in [0.4, 0.5) is 5.69 Å². The molecule has 0 spiro atoms. The van der Waals surface area contributed by atoms with Gasteiger partial charge in [0.05, 0.1) is 24.4 Å². The van der Waals surface area contributed by atoms with Crippen LogP contribution in [0.25, 0.3) is 0 Å². The standard InChI is InChI=1S/C16H21N3OS/c1-13-16(21-12-18-13)11-17-10-14-2-4-15(5-3-14)19-6-8-20-9-7-19/h2-5,12,17H,6-11H2,1H3. The lowest BCUT2D eigenvalue weighted by molar-refractivity contribution is 0.122. The topological polar surface area (TPSA) is 37.4 Å². The van der Waals surface area contributed by atoms with E-state index in [1.807, 2.05) is 5.51 Å². The van der Waals surface area contributed by atoms with Crippen LogP contribution in [0, 0.1) is 6.92 Å². The van der Waals surface area contributed by atoms with E-state index in [2.05, 4.69) is 46.4 Å². The number of anilines is 1. The number of aromatic nitrogens is 1. The Labute approximate surface area is 129 Å². The summed E-state index contributed by atoms with van der Waals surface area (Å²) in [4.78, 5) is 7.96. The van der Waals surface area contributed by atoms with Crippen LogP contribution in [-0.4, -0.2) is 31.3 Å². The Kier molecular flexibility index (Phi) is 4.85. The largest absolute Gasteiger partial charge is 0.378 e. The van der Waals surface area contributed by atoms with Crippen molar-refractivity contribution in [3.63, 3.8) is 0 Å². The molecular weight excluding hydrogens is 282 g/mol. The SMILES string of the molecule is Cc1ncsc1CNCc1ccc(N2CCOCC2)cc1. The fraction of sp³-hybridized carbons (Fsp3) is 0.438. The minimum atomic E-state index is 0.831. The van der Waals surface area contributed by atoms with E-state index in [1.165, 1.54) is 16.1 Å². The highest BCUT2D eigenvalue weighted by molar-refractivity contribution is 7.09. The molecule has 5 heteroatoms. The van der Waals surface area contributed by atoms with Crippen molar-refractivity contribution in [2.45, 2.75) is 20.0 Å². The Balaban J connectivity index is 1.51. The predicted molar refractivity (Wildman–Crippen MR) is 86.9 cm³/mol. The lowest BCUT2D eigenvalue weighted by Gasteiger charge is -2.28. The van der Waals surface area contributed by atoms with E-state index in [0.717, 1.165) is 45.1 Å². The van der Waals surface area contributed by atoms with Crippen molar-refractivity contribution in [2.24, 2.45) is 0 Å². The molecule has 0 atom stereocenters. The highest BCUT2D eigenvalue weighted by atomic mass is 32.1. The van der Waals surface area contributed by atoms with E-state index in [-0.39, 0.29) is 0 Å². The Morgan fingerprint density at radius 3 is 2.62 bits per heavy atom. The van der Waals surface area contributed by atoms with Crippen molar-refractivity contribution in [1.82, 2.24) is 10.3 Å². The monoisotopic (exact) mass is 303 g/mol. The molecule has 2 heterocycles. The second-order valence-corrected chi connectivity index (χ2v) is 6.17. The third-order valence-electron chi connectivity index (χ3n) is 3.77. The molecular formula is C16H21N3OS. The van der Waals surface area contributed by atoms with Gasteiger partial charge in [-0.2, -0.15) is 0 Å². The van der Waals surface area contributed by atoms with Crippen LogP contribution in [0.1, 0.15) is 16.1 Å². The van der Waals surface area contributed by atoms with E-state index >= 15 is 0 Å². The second-order valence-electron chi connectivity index (χ2n) is 5.23. The molecule has 1 aromatic heterocycles. The minimum Gasteiger partial charge on any atom is -0.378 e. The zero-order chi connectivity index (χ0) is 14.5. The van der Waals surface area contributed by atoms with Crippen LogP contribution in [0.5, 0.6) is 0 Å². The summed E-state index contributed by atoms with van der Waals surface area (Å²) < 4.78 is 5.39. The maximum atomic E-state index is 5.39. The third kappa shape index (κ3) is 3.81. The summed E-state index contributed by atoms with van der Waals surface area (Å²) in [6.07, 6.45) is 0. The first-order valence-corrected chi connectivity index (χ1v) is 8.22. The Hall–Kier alpha value is -1.43. The highest BCUT2D eigenvalue weighted by Gasteiger charge is 2.10. The summed E-state index contributed by atoms with van der Waals surface area (Å²) >= 11 is 1.71. The Bertz CT molecular complexity index is 561. The molecule has 0 unspecified atom stereocenters. The zero-order valence-corrected chi connectivity index (χ0v) is 13.2. The van der Waals surface area contributed by atoms with Crippen LogP contribution < -0.4 is 10.2 Å². The van der Waals surface area contributed by atoms with Gasteiger partial charge in [-0.1, -0.05) is 12.1 Å². The molecule has 0 aliphatic carbocycles. The van der Waals surface area contributed by atoms with Gasteiger partial charge in [-0.05, 0) is 24.6 Å². The number of nitrogens with one attached hydrogen (secondary N) is 1. The maximum Gasteiger partial charge on any atom is 0.0798 e. The summed E-state index contributed by atoms with van der Waals surface area (Å²) in [7, 11) is 0. The van der Waals surface area contributed by atoms with Crippen LogP contribution >= 0.6 is 11.3 Å². The number of nitrogens with zero attached hydrogens (tertiary/aromatic N) is 2. The molecule has 1 aliphatic rings. The van der Waals surface area contributed by atoms with Gasteiger partial charge in [0.15, 0.2) is 0 Å². The third-order valence-corrected chi connectivity index (χ3v) is 4.71. The quantitative estimate of drug-likeness (QED) is 0.921. The summed E-state index contributed by atoms with van der Waals surface area (Å²) in [6.45, 7) is 7.48. The van der Waals surface area contributed by atoms with Gasteiger partial charge < -0.3 is 15.0 Å². The molecule has 0 radical (unpaired) electrons. The van der Waals surface area contributed by atoms with Crippen LogP contribution in [-0.2, 0) is 17.8 Å². The molecule has 3 rings (SSSR count). The van der Waals surface area contributed by atoms with Gasteiger partial charge in [-0.25, -0.2) is 4.98 Å². The van der Waals surface area contributed by atoms with Crippen molar-refractivity contribution in [3.8, 4) is 0 Å². The molecule has 0 saturated carbocycles. The normalized spacial score (nSPS) is 15.4. The first-order valence-electron chi connectivity index (χ1n) is 7.34. The van der Waals surface area contributed by atoms with Crippen molar-refractivity contribution >= 4 is 17.0 Å². The van der Waals surface area contributed by atoms with Crippen molar-refractivity contribution in [2.75, 3.05) is 31.2 Å². The molecule has 1 aromatic carbocycles. The number of ether oxygens (including phenoxy) is 1. The number of rotatable bonds is 5. The summed E-state index contributed by atoms with van der Waals surface area (Å²) in [5.74, 6) is 0. The maximum absolute atomic E-state index is 5.39. The predicted octanol–water partition coefficient (Wildman–Crippen LogP) is 2.58. The molecule has 0 bridgehead atoms. The van der Waals surface area contributed by atoms with Crippen LogP contribution in [0.3, 0.4) is 0 Å². The number of thiazole rings is 1. The fourth-order valence-electron chi connectivity index (χ4n) is 2.46. The summed E-state index contributed by atoms with van der Waals surface area (Å²) in [5.41, 5.74) is 5.65. The van der Waals surface area contributed by atoms with Gasteiger partial charge in [0, 0.05) is 36.7 Å². The molecule has 0 amide bonds. The smallest absolute Gasteiger partial charge is 0.0798 e. The summed E-state index contributed by atoms with van der Waals surface area (Å²) in [5, 5.41) is 3.48. The Morgan fingerprint density at radius 2 is 1.95 bits per heavy atom. The number of hydrogen-bond donors (Lipinski definition) is 1. The van der Waals surface area contributed by atoms with Gasteiger partial charge >= 0.3 is 0 Å². The van der Waals surface area contributed by atoms with E-state index in [9.17, 15) is 0 Å². The highest BCUT2D eigenvalue weighted by Crippen LogP contribution is 2.17. The number of benzene rings is 1. The number of hydrogen-bond acceptors (Lipinski definition) is 5. The number of morpholine rings is 1. The van der Waals surface area contributed by atoms with E-state index in [1.54, 1.807) is 11.3 Å². The molecule has 1 saturated heterocycles. The molecule has 21 heavy (non-hydrogen) atoms. The summed E-state index contributed by atoms with van der Waals surface area (Å²) in [6, 6.07) is 8.83. The van der Waals surface area contributed by atoms with Gasteiger partial charge in [-0.3, -0.25) is 0 Å². The average molecular weight is 303 g/mol. The molecule has 1 aliphatic heterocycles. The van der Waals surface area contributed by atoms with Crippen molar-refractivity contribution in [3.05, 3.63) is 45.9 Å². The van der Waals surface area contributed by atoms with E-state index in [0.29, 0.717) is 0 Å². The van der Waals surface area contributed by atoms with Gasteiger partial charge in [0.1, 0.15) is 0 Å². The van der Waals surface area contributed by atoms with Gasteiger partial charge in [-0.15, -0.1) is 11.3 Å². The molecule has 4 nitrogen and oxygen atoms in total. The molecule has 112 valence electrons. The average Bonchev–Trinajstić information content (AvgIpc) is 2.94. The zero-order valence-electron chi connectivity index (χ0n) is 12.3. The van der Waals surface area contributed by atoms with Crippen LogP contribution in [0.15, 0.2) is 29.8 Å². The van der Waals surface area contributed by atoms with E-state index in [4.69, 9.17) is 4.74 Å². The number of aryl methyl sites for hydroxylation is 1.